The molecule has 0 nitrogen and oxygen atoms in total. The van der Waals surface area contributed by atoms with Crippen LogP contribution in [0.15, 0.2) is 0 Å². The van der Waals surface area contributed by atoms with E-state index in [1.165, 1.54) is 12.8 Å². The average molecular weight is 140 g/mol. The second-order valence-electron chi connectivity index (χ2n) is 5.50. The molecule has 10 heavy (non-hydrogen) atoms. The molecule has 1 aliphatic rings. The first-order valence-corrected chi connectivity index (χ1v) is 4.33. The van der Waals surface area contributed by atoms with Gasteiger partial charge in [0, 0.05) is 0 Å². The highest BCUT2D eigenvalue weighted by Crippen LogP contribution is 2.57. The molecule has 1 rings (SSSR count). The Balaban J connectivity index is 2.41. The Morgan fingerprint density at radius 1 is 1.40 bits per heavy atom. The molecule has 0 aromatic rings. The first-order chi connectivity index (χ1) is 4.33. The molecule has 0 heteroatoms. The van der Waals surface area contributed by atoms with E-state index in [9.17, 15) is 0 Å². The smallest absolute Gasteiger partial charge is 0.0292 e. The topological polar surface area (TPSA) is 0 Å². The van der Waals surface area contributed by atoms with E-state index < -0.39 is 0 Å². The largest absolute Gasteiger partial charge is 0.0620 e. The molecule has 0 heterocycles. The third kappa shape index (κ3) is 1.74. The predicted molar refractivity (Wildman–Crippen MR) is 46.0 cm³/mol. The maximum Gasteiger partial charge on any atom is -0.0292 e. The van der Waals surface area contributed by atoms with Crippen molar-refractivity contribution in [1.29, 1.82) is 0 Å². The molecular formula is C10H20. The van der Waals surface area contributed by atoms with Crippen molar-refractivity contribution >= 4 is 0 Å². The van der Waals surface area contributed by atoms with Gasteiger partial charge >= 0.3 is 0 Å². The first-order valence-electron chi connectivity index (χ1n) is 4.33. The van der Waals surface area contributed by atoms with Crippen molar-refractivity contribution in [2.24, 2.45) is 16.7 Å². The molecule has 2 atom stereocenters. The zero-order valence-electron chi connectivity index (χ0n) is 7.99. The molecule has 0 saturated heterocycles. The summed E-state index contributed by atoms with van der Waals surface area (Å²) >= 11 is 0. The van der Waals surface area contributed by atoms with Crippen molar-refractivity contribution in [3.8, 4) is 0 Å². The molecular weight excluding hydrogens is 120 g/mol. The summed E-state index contributed by atoms with van der Waals surface area (Å²) in [7, 11) is 0. The second kappa shape index (κ2) is 1.99. The SMILES string of the molecule is CC1CC1(C)CC(C)(C)C. The maximum atomic E-state index is 2.42. The van der Waals surface area contributed by atoms with Gasteiger partial charge in [-0.3, -0.25) is 0 Å². The fourth-order valence-corrected chi connectivity index (χ4v) is 2.10. The molecule has 60 valence electrons. The van der Waals surface area contributed by atoms with Crippen molar-refractivity contribution in [3.05, 3.63) is 0 Å². The molecule has 0 aliphatic heterocycles. The Kier molecular flexibility index (Phi) is 1.61. The Morgan fingerprint density at radius 2 is 1.80 bits per heavy atom. The van der Waals surface area contributed by atoms with E-state index in [1.54, 1.807) is 0 Å². The zero-order chi connectivity index (χ0) is 7.99. The molecule has 0 N–H and O–H groups in total. The molecule has 0 spiro atoms. The lowest BCUT2D eigenvalue weighted by Gasteiger charge is -2.23. The third-order valence-corrected chi connectivity index (χ3v) is 2.74. The van der Waals surface area contributed by atoms with E-state index in [0.29, 0.717) is 10.8 Å². The molecule has 1 fully saturated rings. The Labute approximate surface area is 65.0 Å². The minimum atomic E-state index is 0.527. The molecule has 0 aromatic carbocycles. The minimum absolute atomic E-state index is 0.527. The summed E-state index contributed by atoms with van der Waals surface area (Å²) < 4.78 is 0. The Hall–Kier alpha value is 0. The van der Waals surface area contributed by atoms with Crippen molar-refractivity contribution in [2.45, 2.75) is 47.5 Å². The lowest BCUT2D eigenvalue weighted by molar-refractivity contribution is 0.280. The van der Waals surface area contributed by atoms with Crippen molar-refractivity contribution in [1.82, 2.24) is 0 Å². The fourth-order valence-electron chi connectivity index (χ4n) is 2.10. The van der Waals surface area contributed by atoms with Gasteiger partial charge in [0.25, 0.3) is 0 Å². The highest BCUT2D eigenvalue weighted by Gasteiger charge is 2.47. The van der Waals surface area contributed by atoms with Gasteiger partial charge in [-0.2, -0.15) is 0 Å². The van der Waals surface area contributed by atoms with E-state index in [1.807, 2.05) is 0 Å². The normalized spacial score (nSPS) is 39.9. The zero-order valence-corrected chi connectivity index (χ0v) is 7.99. The van der Waals surface area contributed by atoms with Crippen molar-refractivity contribution in [2.75, 3.05) is 0 Å². The summed E-state index contributed by atoms with van der Waals surface area (Å²) in [5.41, 5.74) is 1.22. The van der Waals surface area contributed by atoms with Crippen LogP contribution in [0.3, 0.4) is 0 Å². The van der Waals surface area contributed by atoms with E-state index >= 15 is 0 Å². The Morgan fingerprint density at radius 3 is 1.90 bits per heavy atom. The van der Waals surface area contributed by atoms with Gasteiger partial charge in [0.05, 0.1) is 0 Å². The third-order valence-electron chi connectivity index (χ3n) is 2.74. The highest BCUT2D eigenvalue weighted by molar-refractivity contribution is 4.97. The lowest BCUT2D eigenvalue weighted by atomic mass is 9.83. The molecule has 0 radical (unpaired) electrons. The van der Waals surface area contributed by atoms with E-state index in [2.05, 4.69) is 34.6 Å². The summed E-state index contributed by atoms with van der Waals surface area (Å²) in [5, 5.41) is 0. The van der Waals surface area contributed by atoms with Gasteiger partial charge in [-0.05, 0) is 29.6 Å². The predicted octanol–water partition coefficient (Wildman–Crippen LogP) is 3.47. The van der Waals surface area contributed by atoms with Gasteiger partial charge in [0.2, 0.25) is 0 Å². The van der Waals surface area contributed by atoms with Gasteiger partial charge in [0.15, 0.2) is 0 Å². The van der Waals surface area contributed by atoms with Crippen LogP contribution in [0.4, 0.5) is 0 Å². The van der Waals surface area contributed by atoms with Gasteiger partial charge in [-0.25, -0.2) is 0 Å². The molecule has 0 amide bonds. The van der Waals surface area contributed by atoms with Crippen LogP contribution in [-0.2, 0) is 0 Å². The minimum Gasteiger partial charge on any atom is -0.0620 e. The summed E-state index contributed by atoms with van der Waals surface area (Å²) in [6, 6.07) is 0. The van der Waals surface area contributed by atoms with Crippen molar-refractivity contribution < 1.29 is 0 Å². The number of rotatable bonds is 1. The molecule has 1 saturated carbocycles. The monoisotopic (exact) mass is 140 g/mol. The van der Waals surface area contributed by atoms with Crippen LogP contribution in [0.2, 0.25) is 0 Å². The van der Waals surface area contributed by atoms with E-state index in [4.69, 9.17) is 0 Å². The van der Waals surface area contributed by atoms with Gasteiger partial charge < -0.3 is 0 Å². The first kappa shape index (κ1) is 8.10. The molecule has 0 bridgehead atoms. The van der Waals surface area contributed by atoms with Crippen LogP contribution in [0.1, 0.15) is 47.5 Å². The van der Waals surface area contributed by atoms with Gasteiger partial charge in [-0.15, -0.1) is 0 Å². The van der Waals surface area contributed by atoms with Gasteiger partial charge in [0.1, 0.15) is 0 Å². The van der Waals surface area contributed by atoms with Crippen LogP contribution < -0.4 is 0 Å². The quantitative estimate of drug-likeness (QED) is 0.523. The number of hydrogen-bond donors (Lipinski definition) is 0. The summed E-state index contributed by atoms with van der Waals surface area (Å²) in [6.45, 7) is 11.8. The van der Waals surface area contributed by atoms with Crippen LogP contribution in [0, 0.1) is 16.7 Å². The highest BCUT2D eigenvalue weighted by atomic mass is 14.5. The maximum absolute atomic E-state index is 2.42. The second-order valence-corrected chi connectivity index (χ2v) is 5.50. The van der Waals surface area contributed by atoms with Crippen LogP contribution in [-0.4, -0.2) is 0 Å². The average Bonchev–Trinajstić information content (AvgIpc) is 2.05. The summed E-state index contributed by atoms with van der Waals surface area (Å²) in [6.07, 6.45) is 2.84. The molecule has 0 aromatic heterocycles. The van der Waals surface area contributed by atoms with Crippen molar-refractivity contribution in [3.63, 3.8) is 0 Å². The van der Waals surface area contributed by atoms with Crippen LogP contribution in [0.25, 0.3) is 0 Å². The summed E-state index contributed by atoms with van der Waals surface area (Å²) in [5.74, 6) is 0.978. The van der Waals surface area contributed by atoms with Crippen LogP contribution in [0.5, 0.6) is 0 Å². The van der Waals surface area contributed by atoms with E-state index in [-0.39, 0.29) is 0 Å². The van der Waals surface area contributed by atoms with Crippen LogP contribution >= 0.6 is 0 Å². The standard InChI is InChI=1S/C10H20/c1-8-6-10(8,5)7-9(2,3)4/h8H,6-7H2,1-5H3. The summed E-state index contributed by atoms with van der Waals surface area (Å²) in [4.78, 5) is 0. The lowest BCUT2D eigenvalue weighted by Crippen LogP contribution is -2.12. The van der Waals surface area contributed by atoms with E-state index in [0.717, 1.165) is 5.92 Å². The fraction of sp³-hybridized carbons (Fsp3) is 1.00. The molecule has 2 unspecified atom stereocenters. The van der Waals surface area contributed by atoms with Gasteiger partial charge in [-0.1, -0.05) is 34.6 Å². The molecule has 1 aliphatic carbocycles. The number of hydrogen-bond acceptors (Lipinski definition) is 0. The Bertz CT molecular complexity index is 129.